The highest BCUT2D eigenvalue weighted by Gasteiger charge is 2.69. The molecular formula is C11H16O3. The smallest absolute Gasteiger partial charge is 0.315 e. The zero-order valence-corrected chi connectivity index (χ0v) is 8.45. The fraction of sp³-hybridized carbons (Fsp3) is 0.909. The van der Waals surface area contributed by atoms with Gasteiger partial charge in [0.25, 0.3) is 0 Å². The zero-order chi connectivity index (χ0) is 9.97. The molecule has 3 aliphatic rings. The highest BCUT2D eigenvalue weighted by atomic mass is 16.6. The van der Waals surface area contributed by atoms with E-state index in [1.165, 1.54) is 0 Å². The van der Waals surface area contributed by atoms with Crippen molar-refractivity contribution < 1.29 is 14.6 Å². The Morgan fingerprint density at radius 3 is 3.00 bits per heavy atom. The molecule has 1 aliphatic heterocycles. The topological polar surface area (TPSA) is 46.5 Å². The second-order valence-corrected chi connectivity index (χ2v) is 5.24. The van der Waals surface area contributed by atoms with Gasteiger partial charge in [-0.1, -0.05) is 0 Å². The molecule has 14 heavy (non-hydrogen) atoms. The van der Waals surface area contributed by atoms with Gasteiger partial charge in [-0.05, 0) is 39.0 Å². The summed E-state index contributed by atoms with van der Waals surface area (Å²) in [5, 5.41) is 9.97. The number of carbonyl (C=O) groups is 1. The molecule has 0 aromatic carbocycles. The average Bonchev–Trinajstić information content (AvgIpc) is 2.61. The highest BCUT2D eigenvalue weighted by Crippen LogP contribution is 2.61. The Labute approximate surface area is 83.4 Å². The quantitative estimate of drug-likeness (QED) is 0.593. The Bertz CT molecular complexity index is 301. The molecule has 4 atom stereocenters. The van der Waals surface area contributed by atoms with E-state index in [0.29, 0.717) is 0 Å². The van der Waals surface area contributed by atoms with Crippen molar-refractivity contribution >= 4 is 5.97 Å². The Morgan fingerprint density at radius 2 is 2.21 bits per heavy atom. The lowest BCUT2D eigenvalue weighted by Crippen LogP contribution is -2.48. The van der Waals surface area contributed by atoms with Crippen LogP contribution in [0.25, 0.3) is 0 Å². The van der Waals surface area contributed by atoms with E-state index in [1.54, 1.807) is 0 Å². The summed E-state index contributed by atoms with van der Waals surface area (Å²) in [6.45, 7) is 1.89. The predicted molar refractivity (Wildman–Crippen MR) is 49.5 cm³/mol. The first kappa shape index (κ1) is 8.72. The van der Waals surface area contributed by atoms with Gasteiger partial charge in [-0.3, -0.25) is 4.79 Å². The van der Waals surface area contributed by atoms with Crippen LogP contribution in [-0.2, 0) is 9.53 Å². The van der Waals surface area contributed by atoms with Crippen LogP contribution in [0.3, 0.4) is 0 Å². The van der Waals surface area contributed by atoms with E-state index in [2.05, 4.69) is 0 Å². The van der Waals surface area contributed by atoms with Gasteiger partial charge in [0.15, 0.2) is 0 Å². The fourth-order valence-electron chi connectivity index (χ4n) is 3.85. The number of esters is 1. The van der Waals surface area contributed by atoms with Crippen molar-refractivity contribution in [1.29, 1.82) is 0 Å². The van der Waals surface area contributed by atoms with Gasteiger partial charge in [0.05, 0.1) is 11.5 Å². The van der Waals surface area contributed by atoms with Gasteiger partial charge in [-0.25, -0.2) is 0 Å². The largest absolute Gasteiger partial charge is 0.458 e. The third-order valence-electron chi connectivity index (χ3n) is 4.72. The molecule has 2 bridgehead atoms. The van der Waals surface area contributed by atoms with Crippen molar-refractivity contribution in [2.45, 2.75) is 50.7 Å². The molecule has 2 aliphatic carbocycles. The number of carbonyl (C=O) groups excluding carboxylic acids is 1. The molecule has 1 unspecified atom stereocenters. The Hall–Kier alpha value is -0.570. The standard InChI is InChI=1S/C11H16O3/c1-10-7-3-2-5-11(7,14-9(10)13)6-4-8(10)12/h7-8,12H,2-6H2,1H3/t7-,8+,10?,11+/m0/s1. The normalized spacial score (nSPS) is 55.7. The van der Waals surface area contributed by atoms with Gasteiger partial charge in [-0.2, -0.15) is 0 Å². The van der Waals surface area contributed by atoms with Gasteiger partial charge in [0.1, 0.15) is 5.60 Å². The molecule has 3 fully saturated rings. The molecule has 1 heterocycles. The van der Waals surface area contributed by atoms with E-state index in [4.69, 9.17) is 4.74 Å². The van der Waals surface area contributed by atoms with Crippen LogP contribution in [0.2, 0.25) is 0 Å². The van der Waals surface area contributed by atoms with Crippen molar-refractivity contribution in [2.75, 3.05) is 0 Å². The number of aliphatic hydroxyl groups excluding tert-OH is 1. The van der Waals surface area contributed by atoms with Crippen LogP contribution in [0.4, 0.5) is 0 Å². The van der Waals surface area contributed by atoms with Crippen LogP contribution in [0.15, 0.2) is 0 Å². The summed E-state index contributed by atoms with van der Waals surface area (Å²) in [5.41, 5.74) is -0.792. The van der Waals surface area contributed by atoms with Crippen LogP contribution in [-0.4, -0.2) is 22.8 Å². The molecule has 0 spiro atoms. The first-order valence-electron chi connectivity index (χ1n) is 5.51. The first-order chi connectivity index (χ1) is 6.59. The highest BCUT2D eigenvalue weighted by molar-refractivity contribution is 5.81. The summed E-state index contributed by atoms with van der Waals surface area (Å²) in [6.07, 6.45) is 4.28. The molecule has 2 saturated carbocycles. The fourth-order valence-corrected chi connectivity index (χ4v) is 3.85. The van der Waals surface area contributed by atoms with E-state index < -0.39 is 11.5 Å². The lowest BCUT2D eigenvalue weighted by atomic mass is 9.63. The maximum Gasteiger partial charge on any atom is 0.315 e. The third kappa shape index (κ3) is 0.724. The van der Waals surface area contributed by atoms with E-state index in [-0.39, 0.29) is 17.5 Å². The molecule has 78 valence electrons. The Morgan fingerprint density at radius 1 is 1.43 bits per heavy atom. The molecule has 3 rings (SSSR count). The molecule has 0 aromatic heterocycles. The van der Waals surface area contributed by atoms with Crippen molar-refractivity contribution in [3.8, 4) is 0 Å². The van der Waals surface area contributed by atoms with Crippen molar-refractivity contribution in [3.05, 3.63) is 0 Å². The number of ether oxygens (including phenoxy) is 1. The predicted octanol–water partition coefficient (Wildman–Crippen LogP) is 1.24. The van der Waals surface area contributed by atoms with Crippen LogP contribution in [0.1, 0.15) is 39.0 Å². The summed E-state index contributed by atoms with van der Waals surface area (Å²) in [7, 11) is 0. The van der Waals surface area contributed by atoms with Gasteiger partial charge in [0, 0.05) is 5.92 Å². The summed E-state index contributed by atoms with van der Waals surface area (Å²) in [6, 6.07) is 0. The monoisotopic (exact) mass is 196 g/mol. The minimum atomic E-state index is -0.602. The molecule has 3 heteroatoms. The van der Waals surface area contributed by atoms with E-state index in [1.807, 2.05) is 6.92 Å². The summed E-state index contributed by atoms with van der Waals surface area (Å²) in [5.74, 6) is 0.110. The Balaban J connectivity index is 2.11. The van der Waals surface area contributed by atoms with Crippen LogP contribution in [0.5, 0.6) is 0 Å². The maximum absolute atomic E-state index is 11.8. The maximum atomic E-state index is 11.8. The number of hydrogen-bond acceptors (Lipinski definition) is 3. The van der Waals surface area contributed by atoms with Gasteiger partial charge in [0.2, 0.25) is 0 Å². The van der Waals surface area contributed by atoms with Gasteiger partial charge >= 0.3 is 5.97 Å². The number of hydrogen-bond donors (Lipinski definition) is 1. The Kier molecular flexibility index (Phi) is 1.45. The molecular weight excluding hydrogens is 180 g/mol. The van der Waals surface area contributed by atoms with Crippen LogP contribution < -0.4 is 0 Å². The molecule has 0 amide bonds. The molecule has 3 nitrogen and oxygen atoms in total. The second kappa shape index (κ2) is 2.32. The number of rotatable bonds is 0. The third-order valence-corrected chi connectivity index (χ3v) is 4.72. The van der Waals surface area contributed by atoms with Crippen molar-refractivity contribution in [2.24, 2.45) is 11.3 Å². The van der Waals surface area contributed by atoms with Gasteiger partial charge in [-0.15, -0.1) is 0 Å². The van der Waals surface area contributed by atoms with Crippen LogP contribution >= 0.6 is 0 Å². The minimum absolute atomic E-state index is 0.160. The molecule has 0 aromatic rings. The molecule has 0 radical (unpaired) electrons. The second-order valence-electron chi connectivity index (χ2n) is 5.24. The van der Waals surface area contributed by atoms with Crippen LogP contribution in [0, 0.1) is 11.3 Å². The molecule has 1 saturated heterocycles. The number of aliphatic hydroxyl groups is 1. The van der Waals surface area contributed by atoms with E-state index in [0.717, 1.165) is 32.1 Å². The first-order valence-corrected chi connectivity index (χ1v) is 5.51. The lowest BCUT2D eigenvalue weighted by Gasteiger charge is -2.40. The van der Waals surface area contributed by atoms with Gasteiger partial charge < -0.3 is 9.84 Å². The summed E-state index contributed by atoms with van der Waals surface area (Å²) < 4.78 is 5.57. The summed E-state index contributed by atoms with van der Waals surface area (Å²) in [4.78, 5) is 11.8. The minimum Gasteiger partial charge on any atom is -0.458 e. The average molecular weight is 196 g/mol. The van der Waals surface area contributed by atoms with Crippen molar-refractivity contribution in [3.63, 3.8) is 0 Å². The summed E-state index contributed by atoms with van der Waals surface area (Å²) >= 11 is 0. The van der Waals surface area contributed by atoms with Crippen molar-refractivity contribution in [1.82, 2.24) is 0 Å². The lowest BCUT2D eigenvalue weighted by molar-refractivity contribution is -0.154. The van der Waals surface area contributed by atoms with E-state index in [9.17, 15) is 9.90 Å². The van der Waals surface area contributed by atoms with E-state index >= 15 is 0 Å². The molecule has 1 N–H and O–H groups in total. The SMILES string of the molecule is CC12C(=O)O[C@]3(CCC[C@@H]13)CC[C@H]2O. The zero-order valence-electron chi connectivity index (χ0n) is 8.45.